The molecule has 1 aliphatic carbocycles. The topological polar surface area (TPSA) is 63.3 Å². The Balaban J connectivity index is 0.000001000. The summed E-state index contributed by atoms with van der Waals surface area (Å²) < 4.78 is 0. The Bertz CT molecular complexity index is 140. The predicted octanol–water partition coefficient (Wildman–Crippen LogP) is 1.01. The van der Waals surface area contributed by atoms with Gasteiger partial charge in [-0.1, -0.05) is 0 Å². The second-order valence-corrected chi connectivity index (χ2v) is 3.04. The smallest absolute Gasteiger partial charge is 0.303 e. The summed E-state index contributed by atoms with van der Waals surface area (Å²) in [6.07, 6.45) is 3.19. The third-order valence-electron chi connectivity index (χ3n) is 2.05. The zero-order valence-electron chi connectivity index (χ0n) is 6.32. The van der Waals surface area contributed by atoms with Crippen LogP contribution in [-0.4, -0.2) is 17.1 Å². The molecule has 0 aromatic heterocycles. The molecule has 0 unspecified atom stereocenters. The molecule has 0 bridgehead atoms. The largest absolute Gasteiger partial charge is 0.481 e. The van der Waals surface area contributed by atoms with Gasteiger partial charge in [-0.25, -0.2) is 0 Å². The van der Waals surface area contributed by atoms with Crippen LogP contribution in [0.2, 0.25) is 0 Å². The molecule has 0 aromatic rings. The molecule has 1 rings (SSSR count). The quantitative estimate of drug-likeness (QED) is 0.665. The van der Waals surface area contributed by atoms with Gasteiger partial charge in [0.25, 0.3) is 0 Å². The molecule has 4 heteroatoms. The van der Waals surface area contributed by atoms with Crippen molar-refractivity contribution in [2.24, 2.45) is 11.7 Å². The molecule has 0 aliphatic heterocycles. The van der Waals surface area contributed by atoms with Gasteiger partial charge in [-0.2, -0.15) is 0 Å². The summed E-state index contributed by atoms with van der Waals surface area (Å²) in [5, 5.41) is 8.42. The van der Waals surface area contributed by atoms with E-state index in [-0.39, 0.29) is 18.4 Å². The van der Waals surface area contributed by atoms with E-state index in [2.05, 4.69) is 0 Å². The minimum Gasteiger partial charge on any atom is -0.481 e. The van der Waals surface area contributed by atoms with E-state index in [1.54, 1.807) is 0 Å². The van der Waals surface area contributed by atoms with Gasteiger partial charge in [0.1, 0.15) is 0 Å². The lowest BCUT2D eigenvalue weighted by molar-refractivity contribution is -0.138. The standard InChI is InChI=1S/C7H13NO2.ClH/c8-6-2-1-5(3-6)4-7(9)10;/h5-6H,1-4,8H2,(H,9,10);1H/t5-,6-;/m1./s1. The van der Waals surface area contributed by atoms with Gasteiger partial charge in [-0.15, -0.1) is 12.4 Å². The normalized spacial score (nSPS) is 29.5. The molecule has 0 spiro atoms. The van der Waals surface area contributed by atoms with Crippen molar-refractivity contribution in [2.75, 3.05) is 0 Å². The van der Waals surface area contributed by atoms with Crippen LogP contribution in [0.3, 0.4) is 0 Å². The maximum Gasteiger partial charge on any atom is 0.303 e. The van der Waals surface area contributed by atoms with Crippen molar-refractivity contribution in [2.45, 2.75) is 31.7 Å². The fourth-order valence-corrected chi connectivity index (χ4v) is 1.55. The fraction of sp³-hybridized carbons (Fsp3) is 0.857. The molecular weight excluding hydrogens is 166 g/mol. The van der Waals surface area contributed by atoms with Crippen LogP contribution in [0.25, 0.3) is 0 Å². The van der Waals surface area contributed by atoms with Crippen molar-refractivity contribution in [1.82, 2.24) is 0 Å². The third kappa shape index (κ3) is 3.58. The van der Waals surface area contributed by atoms with E-state index in [1.807, 2.05) is 0 Å². The molecule has 1 fully saturated rings. The van der Waals surface area contributed by atoms with Crippen molar-refractivity contribution < 1.29 is 9.90 Å². The molecule has 3 N–H and O–H groups in total. The van der Waals surface area contributed by atoms with Crippen LogP contribution >= 0.6 is 12.4 Å². The molecule has 0 aromatic carbocycles. The Labute approximate surface area is 72.4 Å². The Hall–Kier alpha value is -0.280. The van der Waals surface area contributed by atoms with E-state index in [4.69, 9.17) is 10.8 Å². The number of halogens is 1. The number of carboxylic acid groups (broad SMARTS) is 1. The summed E-state index contributed by atoms with van der Waals surface area (Å²) in [5.41, 5.74) is 5.61. The van der Waals surface area contributed by atoms with Gasteiger partial charge in [-0.05, 0) is 25.2 Å². The minimum absolute atomic E-state index is 0. The second kappa shape index (κ2) is 4.57. The SMILES string of the molecule is Cl.N[C@@H]1CC[C@@H](CC(=O)O)C1. The molecular formula is C7H14ClNO2. The summed E-state index contributed by atoms with van der Waals surface area (Å²) >= 11 is 0. The van der Waals surface area contributed by atoms with Crippen LogP contribution in [-0.2, 0) is 4.79 Å². The summed E-state index contributed by atoms with van der Waals surface area (Å²) in [5.74, 6) is -0.355. The van der Waals surface area contributed by atoms with Crippen molar-refractivity contribution in [3.05, 3.63) is 0 Å². The number of hydrogen-bond donors (Lipinski definition) is 2. The molecule has 0 saturated heterocycles. The third-order valence-corrected chi connectivity index (χ3v) is 2.05. The van der Waals surface area contributed by atoms with E-state index >= 15 is 0 Å². The highest BCUT2D eigenvalue weighted by molar-refractivity contribution is 5.85. The maximum atomic E-state index is 10.2. The molecule has 0 heterocycles. The van der Waals surface area contributed by atoms with Gasteiger partial charge in [-0.3, -0.25) is 4.79 Å². The van der Waals surface area contributed by atoms with Crippen LogP contribution in [0.1, 0.15) is 25.7 Å². The van der Waals surface area contributed by atoms with E-state index in [9.17, 15) is 4.79 Å². The van der Waals surface area contributed by atoms with Crippen molar-refractivity contribution in [3.63, 3.8) is 0 Å². The van der Waals surface area contributed by atoms with Crippen LogP contribution in [0.4, 0.5) is 0 Å². The maximum absolute atomic E-state index is 10.2. The number of carboxylic acids is 1. The molecule has 1 aliphatic rings. The Morgan fingerprint density at radius 1 is 1.55 bits per heavy atom. The first kappa shape index (κ1) is 10.7. The van der Waals surface area contributed by atoms with Gasteiger partial charge in [0.2, 0.25) is 0 Å². The molecule has 1 saturated carbocycles. The van der Waals surface area contributed by atoms with Gasteiger partial charge in [0.15, 0.2) is 0 Å². The molecule has 2 atom stereocenters. The monoisotopic (exact) mass is 179 g/mol. The van der Waals surface area contributed by atoms with Gasteiger partial charge in [0.05, 0.1) is 0 Å². The Kier molecular flexibility index (Phi) is 4.45. The van der Waals surface area contributed by atoms with E-state index < -0.39 is 5.97 Å². The zero-order valence-corrected chi connectivity index (χ0v) is 7.14. The van der Waals surface area contributed by atoms with Crippen molar-refractivity contribution in [3.8, 4) is 0 Å². The van der Waals surface area contributed by atoms with E-state index in [1.165, 1.54) is 0 Å². The average molecular weight is 180 g/mol. The van der Waals surface area contributed by atoms with E-state index in [0.29, 0.717) is 12.3 Å². The van der Waals surface area contributed by atoms with Crippen LogP contribution < -0.4 is 5.73 Å². The van der Waals surface area contributed by atoms with Crippen molar-refractivity contribution in [1.29, 1.82) is 0 Å². The highest BCUT2D eigenvalue weighted by Gasteiger charge is 2.23. The summed E-state index contributed by atoms with van der Waals surface area (Å²) in [6.45, 7) is 0. The first-order valence-corrected chi connectivity index (χ1v) is 3.66. The van der Waals surface area contributed by atoms with Gasteiger partial charge < -0.3 is 10.8 Å². The Morgan fingerprint density at radius 2 is 2.18 bits per heavy atom. The Morgan fingerprint density at radius 3 is 2.55 bits per heavy atom. The summed E-state index contributed by atoms with van der Waals surface area (Å²) in [7, 11) is 0. The lowest BCUT2D eigenvalue weighted by Crippen LogP contribution is -2.15. The molecule has 0 amide bonds. The lowest BCUT2D eigenvalue weighted by Gasteiger charge is -2.03. The number of rotatable bonds is 2. The average Bonchev–Trinajstić information content (AvgIpc) is 2.13. The second-order valence-electron chi connectivity index (χ2n) is 3.04. The molecule has 3 nitrogen and oxygen atoms in total. The lowest BCUT2D eigenvalue weighted by atomic mass is 10.0. The molecule has 66 valence electrons. The minimum atomic E-state index is -0.695. The fourth-order valence-electron chi connectivity index (χ4n) is 1.55. The predicted molar refractivity (Wildman–Crippen MR) is 44.8 cm³/mol. The van der Waals surface area contributed by atoms with E-state index in [0.717, 1.165) is 19.3 Å². The van der Waals surface area contributed by atoms with Gasteiger partial charge >= 0.3 is 5.97 Å². The number of nitrogens with two attached hydrogens (primary N) is 1. The molecule has 0 radical (unpaired) electrons. The van der Waals surface area contributed by atoms with Crippen molar-refractivity contribution >= 4 is 18.4 Å². The highest BCUT2D eigenvalue weighted by Crippen LogP contribution is 2.26. The number of aliphatic carboxylic acids is 1. The first-order valence-electron chi connectivity index (χ1n) is 3.66. The first-order chi connectivity index (χ1) is 4.68. The summed E-state index contributed by atoms with van der Waals surface area (Å²) in [4.78, 5) is 10.2. The van der Waals surface area contributed by atoms with Crippen LogP contribution in [0.5, 0.6) is 0 Å². The molecule has 11 heavy (non-hydrogen) atoms. The highest BCUT2D eigenvalue weighted by atomic mass is 35.5. The van der Waals surface area contributed by atoms with Crippen LogP contribution in [0.15, 0.2) is 0 Å². The number of hydrogen-bond acceptors (Lipinski definition) is 2. The van der Waals surface area contributed by atoms with Crippen LogP contribution in [0, 0.1) is 5.92 Å². The number of carbonyl (C=O) groups is 1. The van der Waals surface area contributed by atoms with Gasteiger partial charge in [0, 0.05) is 12.5 Å². The zero-order chi connectivity index (χ0) is 7.56. The summed E-state index contributed by atoms with van der Waals surface area (Å²) in [6, 6.07) is 0.254.